The van der Waals surface area contributed by atoms with Gasteiger partial charge in [0.2, 0.25) is 0 Å². The Kier molecular flexibility index (Phi) is 5.00. The normalized spacial score (nSPS) is 9.53. The zero-order chi connectivity index (χ0) is 12.7. The minimum Gasteiger partial charge on any atom is -0.468 e. The molecule has 0 aromatic heterocycles. The Hall–Kier alpha value is -2.04. The summed E-state index contributed by atoms with van der Waals surface area (Å²) in [6.07, 6.45) is 0. The average molecular weight is 237 g/mol. The summed E-state index contributed by atoms with van der Waals surface area (Å²) in [5, 5.41) is 0. The number of carbonyl (C=O) groups is 2. The molecule has 17 heavy (non-hydrogen) atoms. The van der Waals surface area contributed by atoms with E-state index >= 15 is 0 Å². The van der Waals surface area contributed by atoms with Gasteiger partial charge in [0, 0.05) is 5.69 Å². The molecule has 5 nitrogen and oxygen atoms in total. The van der Waals surface area contributed by atoms with Crippen LogP contribution in [0.5, 0.6) is 0 Å². The van der Waals surface area contributed by atoms with E-state index in [1.54, 1.807) is 4.90 Å². The number of nitrogens with zero attached hydrogens (tertiary/aromatic N) is 1. The van der Waals surface area contributed by atoms with Crippen LogP contribution in [0.2, 0.25) is 0 Å². The maximum atomic E-state index is 11.2. The molecule has 0 aliphatic carbocycles. The Balaban J connectivity index is 2.79. The molecule has 0 bridgehead atoms. The highest BCUT2D eigenvalue weighted by atomic mass is 16.5. The standard InChI is InChI=1S/C12H15NO4/c1-16-11(14)8-13(9-12(15)17-2)10-6-4-3-5-7-10/h3-7H,8-9H2,1-2H3. The van der Waals surface area contributed by atoms with Gasteiger partial charge in [0.15, 0.2) is 0 Å². The fourth-order valence-electron chi connectivity index (χ4n) is 1.32. The third-order valence-electron chi connectivity index (χ3n) is 2.22. The molecule has 92 valence electrons. The topological polar surface area (TPSA) is 55.8 Å². The van der Waals surface area contributed by atoms with Crippen LogP contribution in [-0.4, -0.2) is 39.2 Å². The van der Waals surface area contributed by atoms with Crippen LogP contribution < -0.4 is 4.90 Å². The van der Waals surface area contributed by atoms with Crippen molar-refractivity contribution in [2.75, 3.05) is 32.2 Å². The number of methoxy groups -OCH3 is 2. The molecule has 0 spiro atoms. The Morgan fingerprint density at radius 1 is 1.00 bits per heavy atom. The molecule has 0 amide bonds. The lowest BCUT2D eigenvalue weighted by Gasteiger charge is -2.21. The number of benzene rings is 1. The molecule has 0 aliphatic rings. The van der Waals surface area contributed by atoms with Crippen molar-refractivity contribution in [2.45, 2.75) is 0 Å². The summed E-state index contributed by atoms with van der Waals surface area (Å²) in [7, 11) is 2.62. The minimum absolute atomic E-state index is 0.00954. The first kappa shape index (κ1) is 13.0. The first-order chi connectivity index (χ1) is 8.17. The van der Waals surface area contributed by atoms with Gasteiger partial charge < -0.3 is 14.4 Å². The summed E-state index contributed by atoms with van der Waals surface area (Å²) in [6.45, 7) is 0.0191. The van der Waals surface area contributed by atoms with Crippen LogP contribution in [0.3, 0.4) is 0 Å². The molecule has 0 aliphatic heterocycles. The number of rotatable bonds is 5. The van der Waals surface area contributed by atoms with Gasteiger partial charge in [-0.2, -0.15) is 0 Å². The molecule has 0 N–H and O–H groups in total. The molecule has 0 atom stereocenters. The zero-order valence-corrected chi connectivity index (χ0v) is 9.88. The lowest BCUT2D eigenvalue weighted by Crippen LogP contribution is -2.35. The van der Waals surface area contributed by atoms with Crippen LogP contribution in [0, 0.1) is 0 Å². The van der Waals surface area contributed by atoms with Crippen LogP contribution in [0.1, 0.15) is 0 Å². The minimum atomic E-state index is -0.405. The quantitative estimate of drug-likeness (QED) is 0.710. The smallest absolute Gasteiger partial charge is 0.325 e. The van der Waals surface area contributed by atoms with Crippen molar-refractivity contribution in [2.24, 2.45) is 0 Å². The number of esters is 2. The van der Waals surface area contributed by atoms with Crippen LogP contribution in [-0.2, 0) is 19.1 Å². The van der Waals surface area contributed by atoms with E-state index in [1.807, 2.05) is 30.3 Å². The predicted octanol–water partition coefficient (Wildman–Crippen LogP) is 0.839. The van der Waals surface area contributed by atoms with Crippen molar-refractivity contribution in [3.8, 4) is 0 Å². The fourth-order valence-corrected chi connectivity index (χ4v) is 1.32. The van der Waals surface area contributed by atoms with Crippen molar-refractivity contribution in [1.82, 2.24) is 0 Å². The number of anilines is 1. The molecule has 1 aromatic carbocycles. The number of hydrogen-bond acceptors (Lipinski definition) is 5. The molecule has 0 fully saturated rings. The van der Waals surface area contributed by atoms with Crippen LogP contribution >= 0.6 is 0 Å². The number of carbonyl (C=O) groups excluding carboxylic acids is 2. The number of para-hydroxylation sites is 1. The van der Waals surface area contributed by atoms with Crippen LogP contribution in [0.25, 0.3) is 0 Å². The Morgan fingerprint density at radius 2 is 1.47 bits per heavy atom. The first-order valence-electron chi connectivity index (χ1n) is 5.11. The second-order valence-electron chi connectivity index (χ2n) is 3.34. The second-order valence-corrected chi connectivity index (χ2v) is 3.34. The van der Waals surface area contributed by atoms with E-state index in [1.165, 1.54) is 14.2 Å². The third kappa shape index (κ3) is 4.14. The summed E-state index contributed by atoms with van der Waals surface area (Å²) < 4.78 is 9.17. The largest absolute Gasteiger partial charge is 0.468 e. The van der Waals surface area contributed by atoms with E-state index in [-0.39, 0.29) is 13.1 Å². The maximum Gasteiger partial charge on any atom is 0.325 e. The van der Waals surface area contributed by atoms with Crippen LogP contribution in [0.15, 0.2) is 30.3 Å². The predicted molar refractivity (Wildman–Crippen MR) is 62.7 cm³/mol. The van der Waals surface area contributed by atoms with Gasteiger partial charge in [-0.1, -0.05) is 18.2 Å². The molecule has 0 heterocycles. The van der Waals surface area contributed by atoms with E-state index in [9.17, 15) is 9.59 Å². The molecule has 5 heteroatoms. The molecule has 0 saturated carbocycles. The van der Waals surface area contributed by atoms with Crippen LogP contribution in [0.4, 0.5) is 5.69 Å². The Labute approximate surface area is 99.9 Å². The van der Waals surface area contributed by atoms with E-state index in [2.05, 4.69) is 9.47 Å². The monoisotopic (exact) mass is 237 g/mol. The summed E-state index contributed by atoms with van der Waals surface area (Å²) >= 11 is 0. The third-order valence-corrected chi connectivity index (χ3v) is 2.22. The second kappa shape index (κ2) is 6.52. The lowest BCUT2D eigenvalue weighted by molar-refractivity contribution is -0.140. The number of hydrogen-bond donors (Lipinski definition) is 0. The van der Waals surface area contributed by atoms with Gasteiger partial charge in [0.05, 0.1) is 14.2 Å². The zero-order valence-electron chi connectivity index (χ0n) is 9.88. The van der Waals surface area contributed by atoms with Crippen molar-refractivity contribution in [1.29, 1.82) is 0 Å². The van der Waals surface area contributed by atoms with Crippen molar-refractivity contribution < 1.29 is 19.1 Å². The molecular formula is C12H15NO4. The van der Waals surface area contributed by atoms with Gasteiger partial charge in [-0.3, -0.25) is 9.59 Å². The first-order valence-corrected chi connectivity index (χ1v) is 5.11. The van der Waals surface area contributed by atoms with Gasteiger partial charge in [0.1, 0.15) is 13.1 Å². The SMILES string of the molecule is COC(=O)CN(CC(=O)OC)c1ccccc1. The highest BCUT2D eigenvalue weighted by Gasteiger charge is 2.15. The highest BCUT2D eigenvalue weighted by molar-refractivity contribution is 5.81. The molecule has 0 saturated heterocycles. The summed E-state index contributed by atoms with van der Waals surface area (Å²) in [4.78, 5) is 24.1. The molecule has 1 rings (SSSR count). The fraction of sp³-hybridized carbons (Fsp3) is 0.333. The Bertz CT molecular complexity index is 359. The van der Waals surface area contributed by atoms with Gasteiger partial charge in [0.25, 0.3) is 0 Å². The molecule has 1 aromatic rings. The van der Waals surface area contributed by atoms with E-state index in [4.69, 9.17) is 0 Å². The average Bonchev–Trinajstić information content (AvgIpc) is 2.38. The number of ether oxygens (including phenoxy) is 2. The lowest BCUT2D eigenvalue weighted by atomic mass is 10.3. The molecule has 0 unspecified atom stereocenters. The van der Waals surface area contributed by atoms with Gasteiger partial charge in [-0.05, 0) is 12.1 Å². The van der Waals surface area contributed by atoms with E-state index in [0.717, 1.165) is 5.69 Å². The molecular weight excluding hydrogens is 222 g/mol. The van der Waals surface area contributed by atoms with Crippen molar-refractivity contribution in [3.05, 3.63) is 30.3 Å². The van der Waals surface area contributed by atoms with Crippen molar-refractivity contribution >= 4 is 17.6 Å². The highest BCUT2D eigenvalue weighted by Crippen LogP contribution is 2.12. The van der Waals surface area contributed by atoms with E-state index in [0.29, 0.717) is 0 Å². The summed E-state index contributed by atoms with van der Waals surface area (Å²) in [5.41, 5.74) is 0.767. The van der Waals surface area contributed by atoms with Gasteiger partial charge in [-0.25, -0.2) is 0 Å². The van der Waals surface area contributed by atoms with Crippen molar-refractivity contribution in [3.63, 3.8) is 0 Å². The summed E-state index contributed by atoms with van der Waals surface area (Å²) in [6, 6.07) is 9.14. The maximum absolute atomic E-state index is 11.2. The van der Waals surface area contributed by atoms with E-state index < -0.39 is 11.9 Å². The summed E-state index contributed by atoms with van der Waals surface area (Å²) in [5.74, 6) is -0.810. The van der Waals surface area contributed by atoms with Gasteiger partial charge in [-0.15, -0.1) is 0 Å². The van der Waals surface area contributed by atoms with Gasteiger partial charge >= 0.3 is 11.9 Å². The Morgan fingerprint density at radius 3 is 1.88 bits per heavy atom. The molecule has 0 radical (unpaired) electrons.